The summed E-state index contributed by atoms with van der Waals surface area (Å²) in [6.45, 7) is 1.14. The Morgan fingerprint density at radius 2 is 2.38 bits per heavy atom. The van der Waals surface area contributed by atoms with E-state index >= 15 is 0 Å². The van der Waals surface area contributed by atoms with Crippen molar-refractivity contribution in [1.29, 1.82) is 0 Å². The van der Waals surface area contributed by atoms with E-state index in [1.54, 1.807) is 7.11 Å². The van der Waals surface area contributed by atoms with E-state index in [2.05, 4.69) is 10.1 Å². The van der Waals surface area contributed by atoms with Crippen LogP contribution in [0.2, 0.25) is 0 Å². The summed E-state index contributed by atoms with van der Waals surface area (Å²) >= 11 is 0. The first-order valence-corrected chi connectivity index (χ1v) is 5.50. The zero-order valence-corrected chi connectivity index (χ0v) is 9.39. The summed E-state index contributed by atoms with van der Waals surface area (Å²) in [6.07, 6.45) is 2.55. The molecule has 1 aromatic heterocycles. The van der Waals surface area contributed by atoms with Gasteiger partial charge in [-0.1, -0.05) is 5.16 Å². The fraction of sp³-hybridized carbons (Fsp3) is 0.800. The van der Waals surface area contributed by atoms with E-state index in [0.29, 0.717) is 31.3 Å². The van der Waals surface area contributed by atoms with Gasteiger partial charge in [-0.2, -0.15) is 4.98 Å². The summed E-state index contributed by atoms with van der Waals surface area (Å²) in [7, 11) is 1.65. The van der Waals surface area contributed by atoms with Crippen LogP contribution in [0.1, 0.15) is 30.7 Å². The van der Waals surface area contributed by atoms with Crippen molar-refractivity contribution < 1.29 is 14.0 Å². The van der Waals surface area contributed by atoms with Crippen molar-refractivity contribution in [3.8, 4) is 0 Å². The number of methoxy groups -OCH3 is 1. The minimum Gasteiger partial charge on any atom is -0.384 e. The molecule has 0 aromatic carbocycles. The van der Waals surface area contributed by atoms with Crippen LogP contribution >= 0.6 is 0 Å². The summed E-state index contributed by atoms with van der Waals surface area (Å²) in [4.78, 5) is 4.27. The Morgan fingerprint density at radius 3 is 3.06 bits per heavy atom. The molecular formula is C10H17N3O3. The van der Waals surface area contributed by atoms with Crippen molar-refractivity contribution in [1.82, 2.24) is 10.1 Å². The maximum Gasteiger partial charge on any atom is 0.255 e. The summed E-state index contributed by atoms with van der Waals surface area (Å²) in [5.74, 6) is 1.22. The van der Waals surface area contributed by atoms with Crippen LogP contribution in [0.3, 0.4) is 0 Å². The van der Waals surface area contributed by atoms with Crippen LogP contribution in [0, 0.1) is 0 Å². The van der Waals surface area contributed by atoms with Gasteiger partial charge in [-0.05, 0) is 12.8 Å². The molecule has 0 aliphatic carbocycles. The van der Waals surface area contributed by atoms with E-state index < -0.39 is 0 Å². The van der Waals surface area contributed by atoms with Crippen molar-refractivity contribution in [3.05, 3.63) is 11.7 Å². The van der Waals surface area contributed by atoms with E-state index in [9.17, 15) is 0 Å². The highest BCUT2D eigenvalue weighted by Gasteiger charge is 2.29. The molecule has 16 heavy (non-hydrogen) atoms. The van der Waals surface area contributed by atoms with Crippen LogP contribution in [-0.4, -0.2) is 36.5 Å². The van der Waals surface area contributed by atoms with Crippen LogP contribution in [0.5, 0.6) is 0 Å². The molecule has 90 valence electrons. The van der Waals surface area contributed by atoms with Gasteiger partial charge >= 0.3 is 0 Å². The molecule has 1 aliphatic rings. The predicted molar refractivity (Wildman–Crippen MR) is 55.8 cm³/mol. The Morgan fingerprint density at radius 1 is 1.50 bits per heavy atom. The largest absolute Gasteiger partial charge is 0.384 e. The van der Waals surface area contributed by atoms with Gasteiger partial charge < -0.3 is 19.7 Å². The third-order valence-electron chi connectivity index (χ3n) is 2.66. The molecule has 1 fully saturated rings. The molecule has 0 saturated carbocycles. The molecule has 2 atom stereocenters. The second kappa shape index (κ2) is 5.38. The number of nitrogens with zero attached hydrogens (tertiary/aromatic N) is 2. The van der Waals surface area contributed by atoms with Gasteiger partial charge in [0.25, 0.3) is 5.89 Å². The van der Waals surface area contributed by atoms with Crippen molar-refractivity contribution in [2.75, 3.05) is 20.3 Å². The number of nitrogens with two attached hydrogens (primary N) is 1. The third kappa shape index (κ3) is 2.58. The number of ether oxygens (including phenoxy) is 2. The fourth-order valence-electron chi connectivity index (χ4n) is 1.75. The SMILES string of the molecule is COCCc1noc(C2CCC(CN)O2)n1. The summed E-state index contributed by atoms with van der Waals surface area (Å²) in [5.41, 5.74) is 5.54. The molecule has 2 N–H and O–H groups in total. The first-order valence-electron chi connectivity index (χ1n) is 5.50. The van der Waals surface area contributed by atoms with Crippen molar-refractivity contribution in [2.24, 2.45) is 5.73 Å². The van der Waals surface area contributed by atoms with Gasteiger partial charge in [-0.3, -0.25) is 0 Å². The van der Waals surface area contributed by atoms with Crippen molar-refractivity contribution in [3.63, 3.8) is 0 Å². The Labute approximate surface area is 94.1 Å². The normalized spacial score (nSPS) is 25.1. The maximum absolute atomic E-state index is 5.66. The molecular weight excluding hydrogens is 210 g/mol. The number of hydrogen-bond donors (Lipinski definition) is 1. The second-order valence-corrected chi connectivity index (χ2v) is 3.85. The van der Waals surface area contributed by atoms with Crippen LogP contribution in [0.25, 0.3) is 0 Å². The molecule has 2 heterocycles. The molecule has 2 rings (SSSR count). The number of hydrogen-bond acceptors (Lipinski definition) is 6. The summed E-state index contributed by atoms with van der Waals surface area (Å²) in [5, 5.41) is 3.87. The minimum atomic E-state index is -0.0858. The average molecular weight is 227 g/mol. The van der Waals surface area contributed by atoms with Crippen molar-refractivity contribution in [2.45, 2.75) is 31.5 Å². The van der Waals surface area contributed by atoms with Crippen LogP contribution in [0.4, 0.5) is 0 Å². The van der Waals surface area contributed by atoms with Gasteiger partial charge in [-0.25, -0.2) is 0 Å². The van der Waals surface area contributed by atoms with E-state index in [1.807, 2.05) is 0 Å². The lowest BCUT2D eigenvalue weighted by molar-refractivity contribution is 0.0307. The average Bonchev–Trinajstić information content (AvgIpc) is 2.94. The molecule has 0 amide bonds. The molecule has 0 bridgehead atoms. The van der Waals surface area contributed by atoms with Crippen LogP contribution in [-0.2, 0) is 15.9 Å². The van der Waals surface area contributed by atoms with Crippen LogP contribution < -0.4 is 5.73 Å². The van der Waals surface area contributed by atoms with E-state index in [0.717, 1.165) is 12.8 Å². The highest BCUT2D eigenvalue weighted by atomic mass is 16.5. The maximum atomic E-state index is 5.66. The monoisotopic (exact) mass is 227 g/mol. The smallest absolute Gasteiger partial charge is 0.255 e. The van der Waals surface area contributed by atoms with Gasteiger partial charge in [0.1, 0.15) is 6.10 Å². The first kappa shape index (κ1) is 11.5. The Balaban J connectivity index is 1.92. The molecule has 0 radical (unpaired) electrons. The zero-order chi connectivity index (χ0) is 11.4. The van der Waals surface area contributed by atoms with E-state index in [4.69, 9.17) is 19.7 Å². The molecule has 1 aliphatic heterocycles. The summed E-state index contributed by atoms with van der Waals surface area (Å²) < 4.78 is 15.8. The molecule has 1 saturated heterocycles. The molecule has 0 spiro atoms. The lowest BCUT2D eigenvalue weighted by Gasteiger charge is -2.07. The fourth-order valence-corrected chi connectivity index (χ4v) is 1.75. The topological polar surface area (TPSA) is 83.4 Å². The lowest BCUT2D eigenvalue weighted by Crippen LogP contribution is -2.18. The third-order valence-corrected chi connectivity index (χ3v) is 2.66. The van der Waals surface area contributed by atoms with E-state index in [-0.39, 0.29) is 12.2 Å². The highest BCUT2D eigenvalue weighted by Crippen LogP contribution is 2.31. The lowest BCUT2D eigenvalue weighted by atomic mass is 10.2. The highest BCUT2D eigenvalue weighted by molar-refractivity contribution is 4.93. The summed E-state index contributed by atoms with van der Waals surface area (Å²) in [6, 6.07) is 0. The van der Waals surface area contributed by atoms with Crippen molar-refractivity contribution >= 4 is 0 Å². The molecule has 6 heteroatoms. The Hall–Kier alpha value is -0.980. The van der Waals surface area contributed by atoms with Gasteiger partial charge in [0.05, 0.1) is 12.7 Å². The predicted octanol–water partition coefficient (Wildman–Crippen LogP) is 0.437. The van der Waals surface area contributed by atoms with Gasteiger partial charge in [0.15, 0.2) is 5.82 Å². The number of aromatic nitrogens is 2. The standard InChI is InChI=1S/C10H17N3O3/c1-14-5-4-9-12-10(16-13-9)8-3-2-7(6-11)15-8/h7-8H,2-6,11H2,1H3. The quantitative estimate of drug-likeness (QED) is 0.785. The molecule has 1 aromatic rings. The van der Waals surface area contributed by atoms with Gasteiger partial charge in [0, 0.05) is 20.1 Å². The van der Waals surface area contributed by atoms with E-state index in [1.165, 1.54) is 0 Å². The Kier molecular flexibility index (Phi) is 3.87. The first-order chi connectivity index (χ1) is 7.83. The Bertz CT molecular complexity index is 329. The van der Waals surface area contributed by atoms with Crippen LogP contribution in [0.15, 0.2) is 4.52 Å². The zero-order valence-electron chi connectivity index (χ0n) is 9.39. The molecule has 6 nitrogen and oxygen atoms in total. The van der Waals surface area contributed by atoms with Gasteiger partial charge in [0.2, 0.25) is 0 Å². The second-order valence-electron chi connectivity index (χ2n) is 3.85. The number of rotatable bonds is 5. The minimum absolute atomic E-state index is 0.0858. The molecule has 2 unspecified atom stereocenters. The van der Waals surface area contributed by atoms with Gasteiger partial charge in [-0.15, -0.1) is 0 Å².